The molecule has 0 spiro atoms. The second-order valence-corrected chi connectivity index (χ2v) is 6.59. The van der Waals surface area contributed by atoms with Gasteiger partial charge in [-0.3, -0.25) is 4.79 Å². The third-order valence-corrected chi connectivity index (χ3v) is 4.26. The number of anilines is 1. The molecule has 0 aliphatic heterocycles. The first kappa shape index (κ1) is 14.9. The average molecular weight is 275 g/mol. The first-order valence-electron chi connectivity index (χ1n) is 7.51. The lowest BCUT2D eigenvalue weighted by atomic mass is 9.91. The zero-order chi connectivity index (χ0) is 14.6. The van der Waals surface area contributed by atoms with Crippen molar-refractivity contribution >= 4 is 11.7 Å². The van der Waals surface area contributed by atoms with Crippen molar-refractivity contribution in [2.24, 2.45) is 5.41 Å². The van der Waals surface area contributed by atoms with E-state index in [2.05, 4.69) is 43.0 Å². The molecule has 1 unspecified atom stereocenters. The van der Waals surface area contributed by atoms with Gasteiger partial charge in [0, 0.05) is 24.7 Å². The summed E-state index contributed by atoms with van der Waals surface area (Å²) in [5.74, 6) is -0.704. The summed E-state index contributed by atoms with van der Waals surface area (Å²) < 4.78 is 0. The van der Waals surface area contributed by atoms with Gasteiger partial charge >= 0.3 is 5.97 Å². The van der Waals surface area contributed by atoms with Gasteiger partial charge in [-0.2, -0.15) is 0 Å². The van der Waals surface area contributed by atoms with Crippen molar-refractivity contribution in [3.05, 3.63) is 30.3 Å². The predicted octanol–water partition coefficient (Wildman–Crippen LogP) is 3.94. The number of aliphatic carboxylic acids is 1. The second-order valence-electron chi connectivity index (χ2n) is 6.59. The summed E-state index contributed by atoms with van der Waals surface area (Å²) in [4.78, 5) is 13.1. The number of carboxylic acid groups (broad SMARTS) is 1. The van der Waals surface area contributed by atoms with E-state index in [4.69, 9.17) is 5.11 Å². The molecular formula is C17H25NO2. The van der Waals surface area contributed by atoms with Crippen molar-refractivity contribution in [3.8, 4) is 0 Å². The standard InChI is InChI=1S/C17H25NO2/c1-17(2)11-10-15(13-17)18(12-6-9-16(19)20)14-7-4-3-5-8-14/h3-5,7-8,15H,6,9-13H2,1-2H3,(H,19,20). The van der Waals surface area contributed by atoms with Crippen molar-refractivity contribution in [1.29, 1.82) is 0 Å². The lowest BCUT2D eigenvalue weighted by Crippen LogP contribution is -2.35. The molecule has 1 aromatic rings. The summed E-state index contributed by atoms with van der Waals surface area (Å²) in [5.41, 5.74) is 1.63. The maximum absolute atomic E-state index is 10.7. The average Bonchev–Trinajstić information content (AvgIpc) is 2.75. The summed E-state index contributed by atoms with van der Waals surface area (Å²) in [6.07, 6.45) is 4.60. The molecule has 0 amide bonds. The molecule has 1 aliphatic carbocycles. The van der Waals surface area contributed by atoms with Crippen molar-refractivity contribution < 1.29 is 9.90 Å². The van der Waals surface area contributed by atoms with E-state index >= 15 is 0 Å². The zero-order valence-electron chi connectivity index (χ0n) is 12.5. The summed E-state index contributed by atoms with van der Waals surface area (Å²) >= 11 is 0. The van der Waals surface area contributed by atoms with Crippen LogP contribution in [0, 0.1) is 5.41 Å². The van der Waals surface area contributed by atoms with Crippen LogP contribution in [0.2, 0.25) is 0 Å². The third kappa shape index (κ3) is 3.99. The maximum atomic E-state index is 10.7. The van der Waals surface area contributed by atoms with Crippen LogP contribution in [0.25, 0.3) is 0 Å². The van der Waals surface area contributed by atoms with E-state index < -0.39 is 5.97 Å². The van der Waals surface area contributed by atoms with E-state index in [0.29, 0.717) is 17.9 Å². The Hall–Kier alpha value is -1.51. The molecule has 0 bridgehead atoms. The Labute approximate surface area is 121 Å². The van der Waals surface area contributed by atoms with Crippen molar-refractivity contribution in [1.82, 2.24) is 0 Å². The fraction of sp³-hybridized carbons (Fsp3) is 0.588. The van der Waals surface area contributed by atoms with Crippen LogP contribution in [0.1, 0.15) is 46.0 Å². The number of nitrogens with zero attached hydrogens (tertiary/aromatic N) is 1. The van der Waals surface area contributed by atoms with Crippen LogP contribution in [0.3, 0.4) is 0 Å². The van der Waals surface area contributed by atoms with Crippen LogP contribution in [0.15, 0.2) is 30.3 Å². The van der Waals surface area contributed by atoms with Crippen molar-refractivity contribution in [2.75, 3.05) is 11.4 Å². The van der Waals surface area contributed by atoms with E-state index in [9.17, 15) is 4.79 Å². The highest BCUT2D eigenvalue weighted by Gasteiger charge is 2.34. The minimum absolute atomic E-state index is 0.249. The Kier molecular flexibility index (Phi) is 4.69. The predicted molar refractivity (Wildman–Crippen MR) is 82.1 cm³/mol. The molecule has 1 aromatic carbocycles. The molecule has 3 nitrogen and oxygen atoms in total. The number of hydrogen-bond acceptors (Lipinski definition) is 2. The molecule has 0 heterocycles. The van der Waals surface area contributed by atoms with Crippen LogP contribution in [0.4, 0.5) is 5.69 Å². The minimum Gasteiger partial charge on any atom is -0.481 e. The first-order chi connectivity index (χ1) is 9.48. The van der Waals surface area contributed by atoms with Gasteiger partial charge in [0.2, 0.25) is 0 Å². The van der Waals surface area contributed by atoms with Gasteiger partial charge in [0.05, 0.1) is 0 Å². The van der Waals surface area contributed by atoms with Gasteiger partial charge in [-0.1, -0.05) is 32.0 Å². The molecule has 0 saturated heterocycles. The molecule has 0 radical (unpaired) electrons. The van der Waals surface area contributed by atoms with Gasteiger partial charge in [-0.05, 0) is 43.2 Å². The van der Waals surface area contributed by atoms with Gasteiger partial charge in [0.1, 0.15) is 0 Å². The summed E-state index contributed by atoms with van der Waals surface area (Å²) in [6, 6.07) is 10.9. The number of rotatable bonds is 6. The molecule has 2 rings (SSSR count). The van der Waals surface area contributed by atoms with Gasteiger partial charge in [0.15, 0.2) is 0 Å². The highest BCUT2D eigenvalue weighted by Crippen LogP contribution is 2.40. The molecule has 1 saturated carbocycles. The SMILES string of the molecule is CC1(C)CCC(N(CCCC(=O)O)c2ccccc2)C1. The monoisotopic (exact) mass is 275 g/mol. The molecule has 1 aliphatic rings. The van der Waals surface area contributed by atoms with Crippen LogP contribution in [-0.4, -0.2) is 23.7 Å². The lowest BCUT2D eigenvalue weighted by molar-refractivity contribution is -0.137. The Morgan fingerprint density at radius 2 is 2.05 bits per heavy atom. The Morgan fingerprint density at radius 1 is 1.35 bits per heavy atom. The third-order valence-electron chi connectivity index (χ3n) is 4.26. The van der Waals surface area contributed by atoms with Gasteiger partial charge < -0.3 is 10.0 Å². The summed E-state index contributed by atoms with van der Waals surface area (Å²) in [5, 5.41) is 8.83. The Morgan fingerprint density at radius 3 is 2.60 bits per heavy atom. The molecule has 0 aromatic heterocycles. The molecule has 110 valence electrons. The van der Waals surface area contributed by atoms with Crippen molar-refractivity contribution in [3.63, 3.8) is 0 Å². The minimum atomic E-state index is -0.704. The number of carboxylic acids is 1. The normalized spacial score (nSPS) is 20.8. The van der Waals surface area contributed by atoms with Crippen LogP contribution in [-0.2, 0) is 4.79 Å². The zero-order valence-corrected chi connectivity index (χ0v) is 12.5. The van der Waals surface area contributed by atoms with E-state index in [1.54, 1.807) is 0 Å². The fourth-order valence-electron chi connectivity index (χ4n) is 3.21. The molecule has 1 atom stereocenters. The molecule has 3 heteroatoms. The van der Waals surface area contributed by atoms with E-state index in [-0.39, 0.29) is 6.42 Å². The number of para-hydroxylation sites is 1. The topological polar surface area (TPSA) is 40.5 Å². The second kappa shape index (κ2) is 6.29. The Bertz CT molecular complexity index is 442. The van der Waals surface area contributed by atoms with Crippen LogP contribution >= 0.6 is 0 Å². The van der Waals surface area contributed by atoms with E-state index in [0.717, 1.165) is 6.54 Å². The van der Waals surface area contributed by atoms with E-state index in [1.165, 1.54) is 24.9 Å². The highest BCUT2D eigenvalue weighted by atomic mass is 16.4. The number of carbonyl (C=O) groups is 1. The first-order valence-corrected chi connectivity index (χ1v) is 7.51. The van der Waals surface area contributed by atoms with Crippen LogP contribution in [0.5, 0.6) is 0 Å². The molecular weight excluding hydrogens is 250 g/mol. The smallest absolute Gasteiger partial charge is 0.303 e. The lowest BCUT2D eigenvalue weighted by Gasteiger charge is -2.32. The number of benzene rings is 1. The van der Waals surface area contributed by atoms with Gasteiger partial charge in [0.25, 0.3) is 0 Å². The summed E-state index contributed by atoms with van der Waals surface area (Å²) in [7, 11) is 0. The summed E-state index contributed by atoms with van der Waals surface area (Å²) in [6.45, 7) is 5.48. The Balaban J connectivity index is 2.06. The largest absolute Gasteiger partial charge is 0.481 e. The molecule has 20 heavy (non-hydrogen) atoms. The maximum Gasteiger partial charge on any atom is 0.303 e. The molecule has 1 N–H and O–H groups in total. The fourth-order valence-corrected chi connectivity index (χ4v) is 3.21. The van der Waals surface area contributed by atoms with Gasteiger partial charge in [-0.25, -0.2) is 0 Å². The highest BCUT2D eigenvalue weighted by molar-refractivity contribution is 5.66. The quantitative estimate of drug-likeness (QED) is 0.855. The van der Waals surface area contributed by atoms with Gasteiger partial charge in [-0.15, -0.1) is 0 Å². The van der Waals surface area contributed by atoms with Crippen LogP contribution < -0.4 is 4.90 Å². The molecule has 1 fully saturated rings. The number of hydrogen-bond donors (Lipinski definition) is 1. The van der Waals surface area contributed by atoms with E-state index in [1.807, 2.05) is 6.07 Å². The van der Waals surface area contributed by atoms with Crippen molar-refractivity contribution in [2.45, 2.75) is 52.0 Å².